The van der Waals surface area contributed by atoms with E-state index in [0.29, 0.717) is 0 Å². The van der Waals surface area contributed by atoms with E-state index in [1.807, 2.05) is 18.7 Å². The van der Waals surface area contributed by atoms with Crippen LogP contribution in [0.5, 0.6) is 0 Å². The average Bonchev–Trinajstić information content (AvgIpc) is 2.93. The second-order valence-corrected chi connectivity index (χ2v) is 6.92. The highest BCUT2D eigenvalue weighted by Gasteiger charge is 2.26. The van der Waals surface area contributed by atoms with Gasteiger partial charge in [0.25, 0.3) is 0 Å². The molecule has 128 valence electrons. The highest BCUT2D eigenvalue weighted by atomic mass is 15.3. The molecule has 4 nitrogen and oxygen atoms in total. The first-order valence-corrected chi connectivity index (χ1v) is 8.77. The van der Waals surface area contributed by atoms with Gasteiger partial charge in [0.15, 0.2) is 0 Å². The summed E-state index contributed by atoms with van der Waals surface area (Å²) in [4.78, 5) is 2.47. The van der Waals surface area contributed by atoms with Crippen LogP contribution in [0.3, 0.4) is 0 Å². The molecule has 1 N–H and O–H groups in total. The zero-order valence-corrected chi connectivity index (χ0v) is 15.0. The van der Waals surface area contributed by atoms with Gasteiger partial charge in [0.05, 0.1) is 28.8 Å². The van der Waals surface area contributed by atoms with Crippen molar-refractivity contribution in [3.05, 3.63) is 77.1 Å². The largest absolute Gasteiger partial charge is 0.373 e. The highest BCUT2D eigenvalue weighted by Crippen LogP contribution is 2.36. The van der Waals surface area contributed by atoms with Crippen LogP contribution in [0.4, 0.5) is 11.4 Å². The van der Waals surface area contributed by atoms with Crippen LogP contribution in [0.15, 0.2) is 54.6 Å². The van der Waals surface area contributed by atoms with Gasteiger partial charge in [-0.3, -0.25) is 4.68 Å². The number of aromatic nitrogens is 2. The lowest BCUT2D eigenvalue weighted by molar-refractivity contribution is 0.610. The summed E-state index contributed by atoms with van der Waals surface area (Å²) >= 11 is 0. The van der Waals surface area contributed by atoms with E-state index in [4.69, 9.17) is 0 Å². The predicted octanol–water partition coefficient (Wildman–Crippen LogP) is 4.21. The third-order valence-corrected chi connectivity index (χ3v) is 4.83. The molecule has 3 aromatic rings. The van der Waals surface area contributed by atoms with E-state index < -0.39 is 0 Å². The van der Waals surface area contributed by atoms with Gasteiger partial charge in [-0.15, -0.1) is 0 Å². The molecule has 2 aromatic carbocycles. The van der Waals surface area contributed by atoms with Crippen molar-refractivity contribution < 1.29 is 0 Å². The van der Waals surface area contributed by atoms with E-state index in [1.165, 1.54) is 28.2 Å². The molecule has 4 rings (SSSR count). The minimum Gasteiger partial charge on any atom is -0.373 e. The number of rotatable bonds is 3. The third-order valence-electron chi connectivity index (χ3n) is 4.83. The van der Waals surface area contributed by atoms with Gasteiger partial charge in [0.1, 0.15) is 0 Å². The van der Waals surface area contributed by atoms with Crippen LogP contribution in [0, 0.1) is 13.8 Å². The average molecular weight is 332 g/mol. The molecule has 1 unspecified atom stereocenters. The minimum atomic E-state index is 0.228. The van der Waals surface area contributed by atoms with Crippen molar-refractivity contribution in [1.29, 1.82) is 0 Å². The lowest BCUT2D eigenvalue weighted by atomic mass is 10.0. The summed E-state index contributed by atoms with van der Waals surface area (Å²) in [5.41, 5.74) is 7.38. The van der Waals surface area contributed by atoms with Gasteiger partial charge in [0.2, 0.25) is 0 Å². The minimum absolute atomic E-state index is 0.228. The van der Waals surface area contributed by atoms with Crippen LogP contribution in [0.2, 0.25) is 0 Å². The van der Waals surface area contributed by atoms with Gasteiger partial charge >= 0.3 is 0 Å². The molecular formula is C21H24N4. The molecule has 4 heteroatoms. The molecule has 1 aromatic heterocycles. The van der Waals surface area contributed by atoms with Crippen molar-refractivity contribution in [3.63, 3.8) is 0 Å². The van der Waals surface area contributed by atoms with E-state index in [0.717, 1.165) is 18.8 Å². The van der Waals surface area contributed by atoms with E-state index in [1.54, 1.807) is 0 Å². The Balaban J connectivity index is 1.68. The first-order valence-electron chi connectivity index (χ1n) is 8.77. The lowest BCUT2D eigenvalue weighted by Gasteiger charge is -2.37. The van der Waals surface area contributed by atoms with E-state index in [9.17, 15) is 0 Å². The van der Waals surface area contributed by atoms with Crippen LogP contribution in [-0.4, -0.2) is 16.3 Å². The Morgan fingerprint density at radius 3 is 2.68 bits per heavy atom. The first kappa shape index (κ1) is 15.8. The second-order valence-electron chi connectivity index (χ2n) is 6.92. The van der Waals surface area contributed by atoms with Gasteiger partial charge in [-0.05, 0) is 37.6 Å². The fraction of sp³-hybridized carbons (Fsp3) is 0.286. The molecule has 0 saturated heterocycles. The Morgan fingerprint density at radius 1 is 1.08 bits per heavy atom. The molecule has 0 bridgehead atoms. The maximum absolute atomic E-state index is 4.52. The van der Waals surface area contributed by atoms with E-state index >= 15 is 0 Å². The molecule has 0 aliphatic carbocycles. The Hall–Kier alpha value is -2.75. The van der Waals surface area contributed by atoms with Crippen molar-refractivity contribution in [2.75, 3.05) is 16.8 Å². The molecule has 0 radical (unpaired) electrons. The van der Waals surface area contributed by atoms with Gasteiger partial charge in [0, 0.05) is 20.1 Å². The molecule has 0 spiro atoms. The number of benzene rings is 2. The maximum Gasteiger partial charge on any atom is 0.0858 e. The molecular weight excluding hydrogens is 308 g/mol. The summed E-state index contributed by atoms with van der Waals surface area (Å²) < 4.78 is 1.99. The zero-order valence-electron chi connectivity index (χ0n) is 15.0. The number of aryl methyl sites for hydroxylation is 3. The molecule has 1 aliphatic heterocycles. The standard InChI is InChI=1S/C21H24N4/c1-15-7-6-8-17(11-15)13-25-14-19(21-12-16(2)23-24(21)3)22-18-9-4-5-10-20(18)25/h4-12,19,22H,13-14H2,1-3H3. The van der Waals surface area contributed by atoms with E-state index in [2.05, 4.69) is 76.8 Å². The quantitative estimate of drug-likeness (QED) is 0.780. The zero-order chi connectivity index (χ0) is 17.4. The van der Waals surface area contributed by atoms with Crippen LogP contribution < -0.4 is 10.2 Å². The topological polar surface area (TPSA) is 33.1 Å². The molecule has 0 amide bonds. The number of nitrogens with zero attached hydrogens (tertiary/aromatic N) is 3. The molecule has 2 heterocycles. The van der Waals surface area contributed by atoms with Crippen molar-refractivity contribution in [3.8, 4) is 0 Å². The van der Waals surface area contributed by atoms with Crippen LogP contribution in [0.25, 0.3) is 0 Å². The first-order chi connectivity index (χ1) is 12.1. The number of hydrogen-bond acceptors (Lipinski definition) is 3. The fourth-order valence-electron chi connectivity index (χ4n) is 3.73. The molecule has 0 fully saturated rings. The molecule has 1 atom stereocenters. The van der Waals surface area contributed by atoms with Crippen LogP contribution in [-0.2, 0) is 13.6 Å². The SMILES string of the molecule is Cc1cccc(CN2CC(c3cc(C)nn3C)Nc3ccccc32)c1. The molecule has 1 aliphatic rings. The number of fused-ring (bicyclic) bond motifs is 1. The molecule has 25 heavy (non-hydrogen) atoms. The second kappa shape index (κ2) is 6.28. The number of para-hydroxylation sites is 2. The van der Waals surface area contributed by atoms with Crippen molar-refractivity contribution in [2.45, 2.75) is 26.4 Å². The summed E-state index contributed by atoms with van der Waals surface area (Å²) in [7, 11) is 2.02. The van der Waals surface area contributed by atoms with Crippen molar-refractivity contribution >= 4 is 11.4 Å². The predicted molar refractivity (Wildman–Crippen MR) is 103 cm³/mol. The Morgan fingerprint density at radius 2 is 1.92 bits per heavy atom. The van der Waals surface area contributed by atoms with Crippen molar-refractivity contribution in [2.24, 2.45) is 7.05 Å². The van der Waals surface area contributed by atoms with Crippen LogP contribution >= 0.6 is 0 Å². The van der Waals surface area contributed by atoms with Crippen LogP contribution in [0.1, 0.15) is 28.6 Å². The Bertz CT molecular complexity index is 896. The maximum atomic E-state index is 4.52. The molecule has 0 saturated carbocycles. The monoisotopic (exact) mass is 332 g/mol. The summed E-state index contributed by atoms with van der Waals surface area (Å²) in [5.74, 6) is 0. The summed E-state index contributed by atoms with van der Waals surface area (Å²) in [6.45, 7) is 6.03. The normalized spacial score (nSPS) is 16.4. The van der Waals surface area contributed by atoms with Gasteiger partial charge in [-0.25, -0.2) is 0 Å². The smallest absolute Gasteiger partial charge is 0.0858 e. The fourth-order valence-corrected chi connectivity index (χ4v) is 3.73. The van der Waals surface area contributed by atoms with Crippen molar-refractivity contribution in [1.82, 2.24) is 9.78 Å². The summed E-state index contributed by atoms with van der Waals surface area (Å²) in [6.07, 6.45) is 0. The van der Waals surface area contributed by atoms with Gasteiger partial charge < -0.3 is 10.2 Å². The Kier molecular flexibility index (Phi) is 3.96. The van der Waals surface area contributed by atoms with Gasteiger partial charge in [-0.2, -0.15) is 5.10 Å². The lowest BCUT2D eigenvalue weighted by Crippen LogP contribution is -2.37. The highest BCUT2D eigenvalue weighted by molar-refractivity contribution is 5.73. The number of hydrogen-bond donors (Lipinski definition) is 1. The Labute approximate surface area is 149 Å². The summed E-state index contributed by atoms with van der Waals surface area (Å²) in [5, 5.41) is 8.21. The van der Waals surface area contributed by atoms with E-state index in [-0.39, 0.29) is 6.04 Å². The number of nitrogens with one attached hydrogen (secondary N) is 1. The third kappa shape index (κ3) is 3.12. The summed E-state index contributed by atoms with van der Waals surface area (Å²) in [6, 6.07) is 19.7. The van der Waals surface area contributed by atoms with Gasteiger partial charge in [-0.1, -0.05) is 42.0 Å². The number of anilines is 2.